The number of aromatic nitrogens is 2. The van der Waals surface area contributed by atoms with E-state index in [2.05, 4.69) is 58.0 Å². The predicted octanol–water partition coefficient (Wildman–Crippen LogP) is 5.47. The number of hydrogen-bond donors (Lipinski definition) is 3. The molecule has 40 heavy (non-hydrogen) atoms. The number of thiazole rings is 2. The Labute approximate surface area is 242 Å². The van der Waals surface area contributed by atoms with Crippen LogP contribution in [0.4, 0.5) is 5.69 Å². The van der Waals surface area contributed by atoms with Crippen molar-refractivity contribution in [1.82, 2.24) is 20.6 Å². The fourth-order valence-electron chi connectivity index (χ4n) is 5.66. The van der Waals surface area contributed by atoms with Crippen molar-refractivity contribution >= 4 is 40.1 Å². The van der Waals surface area contributed by atoms with E-state index in [-0.39, 0.29) is 11.7 Å². The van der Waals surface area contributed by atoms with Gasteiger partial charge in [-0.25, -0.2) is 9.97 Å². The molecule has 2 aromatic carbocycles. The molecule has 0 unspecified atom stereocenters. The summed E-state index contributed by atoms with van der Waals surface area (Å²) < 4.78 is 0. The van der Waals surface area contributed by atoms with Crippen molar-refractivity contribution in [2.24, 2.45) is 0 Å². The summed E-state index contributed by atoms with van der Waals surface area (Å²) in [5.74, 6) is -0.103. The van der Waals surface area contributed by atoms with E-state index in [1.54, 1.807) is 0 Å². The average molecular weight is 572 g/mol. The lowest BCUT2D eigenvalue weighted by Crippen LogP contribution is -2.22. The number of ketones is 1. The van der Waals surface area contributed by atoms with Gasteiger partial charge in [0.25, 0.3) is 5.91 Å². The van der Waals surface area contributed by atoms with Crippen LogP contribution in [0.5, 0.6) is 0 Å². The molecule has 3 N–H and O–H groups in total. The van der Waals surface area contributed by atoms with Gasteiger partial charge in [-0.3, -0.25) is 9.59 Å². The topological polar surface area (TPSA) is 96.0 Å². The van der Waals surface area contributed by atoms with Gasteiger partial charge in [0, 0.05) is 60.9 Å². The number of nitrogens with zero attached hydrogens (tertiary/aromatic N) is 2. The highest BCUT2D eigenvalue weighted by molar-refractivity contribution is 7.14. The van der Waals surface area contributed by atoms with E-state index in [4.69, 9.17) is 0 Å². The highest BCUT2D eigenvalue weighted by Crippen LogP contribution is 2.36. The second kappa shape index (κ2) is 11.0. The summed E-state index contributed by atoms with van der Waals surface area (Å²) in [5, 5.41) is 11.0. The number of aryl methyl sites for hydroxylation is 2. The van der Waals surface area contributed by atoms with Crippen molar-refractivity contribution in [3.63, 3.8) is 0 Å². The molecule has 1 amide bonds. The normalized spacial score (nSPS) is 14.5. The molecule has 2 aliphatic heterocycles. The van der Waals surface area contributed by atoms with Crippen LogP contribution in [0.1, 0.15) is 68.6 Å². The van der Waals surface area contributed by atoms with Crippen LogP contribution >= 0.6 is 22.7 Å². The molecule has 0 aliphatic carbocycles. The molecule has 206 valence electrons. The largest absolute Gasteiger partial charge is 0.319 e. The molecule has 0 saturated carbocycles. The number of carbonyl (C=O) groups excluding carboxylic acids is 2. The first-order chi connectivity index (χ1) is 19.3. The Balaban J connectivity index is 1.29. The number of carbonyl (C=O) groups is 2. The van der Waals surface area contributed by atoms with E-state index in [1.807, 2.05) is 19.9 Å². The number of amides is 1. The molecule has 2 aromatic heterocycles. The SMILES string of the molecule is Cc1ccc(-c2ccc(C)c(NC(=O)c3nc4c(s3)CNCC4)c2C)c(C)c1CC(=O)c1nc2c(s1)CNCC2. The smallest absolute Gasteiger partial charge is 0.284 e. The lowest BCUT2D eigenvalue weighted by molar-refractivity contribution is 0.0990. The van der Waals surface area contributed by atoms with Gasteiger partial charge in [0.2, 0.25) is 0 Å². The highest BCUT2D eigenvalue weighted by Gasteiger charge is 2.23. The molecular weight excluding hydrogens is 539 g/mol. The molecule has 7 nitrogen and oxygen atoms in total. The van der Waals surface area contributed by atoms with E-state index in [0.29, 0.717) is 16.4 Å². The summed E-state index contributed by atoms with van der Waals surface area (Å²) in [6.45, 7) is 11.6. The van der Waals surface area contributed by atoms with Gasteiger partial charge in [0.05, 0.1) is 11.4 Å². The molecule has 2 aliphatic rings. The lowest BCUT2D eigenvalue weighted by atomic mass is 9.88. The van der Waals surface area contributed by atoms with E-state index in [9.17, 15) is 9.59 Å². The van der Waals surface area contributed by atoms with E-state index >= 15 is 0 Å². The van der Waals surface area contributed by atoms with Crippen LogP contribution in [0.15, 0.2) is 24.3 Å². The minimum absolute atomic E-state index is 0.0673. The fourth-order valence-corrected chi connectivity index (χ4v) is 7.65. The number of fused-ring (bicyclic) bond motifs is 2. The predicted molar refractivity (Wildman–Crippen MR) is 162 cm³/mol. The fraction of sp³-hybridized carbons (Fsp3) is 0.355. The first-order valence-electron chi connectivity index (χ1n) is 13.7. The van der Waals surface area contributed by atoms with Crippen LogP contribution in [0.25, 0.3) is 11.1 Å². The van der Waals surface area contributed by atoms with Crippen LogP contribution in [-0.4, -0.2) is 34.7 Å². The Morgan fingerprint density at radius 1 is 0.800 bits per heavy atom. The quantitative estimate of drug-likeness (QED) is 0.266. The van der Waals surface area contributed by atoms with Gasteiger partial charge in [0.1, 0.15) is 0 Å². The molecule has 0 fully saturated rings. The molecule has 4 heterocycles. The van der Waals surface area contributed by atoms with Crippen molar-refractivity contribution in [2.45, 2.75) is 60.0 Å². The number of anilines is 1. The van der Waals surface area contributed by atoms with Gasteiger partial charge in [-0.05, 0) is 66.6 Å². The number of hydrogen-bond acceptors (Lipinski definition) is 8. The van der Waals surface area contributed by atoms with Gasteiger partial charge in [-0.15, -0.1) is 22.7 Å². The Kier molecular flexibility index (Phi) is 7.39. The Morgan fingerprint density at radius 2 is 1.38 bits per heavy atom. The molecule has 6 rings (SSSR count). The second-order valence-electron chi connectivity index (χ2n) is 10.6. The molecule has 9 heteroatoms. The Morgan fingerprint density at radius 3 is 2.02 bits per heavy atom. The summed E-state index contributed by atoms with van der Waals surface area (Å²) in [4.78, 5) is 38.2. The third-order valence-electron chi connectivity index (χ3n) is 8.01. The standard InChI is InChI=1S/C31H33N5O2S2/c1-16-5-7-20(18(3)22(16)13-25(37)30-34-23-9-11-32-14-26(23)39-30)21-8-6-17(2)28(19(21)4)36-29(38)31-35-24-10-12-33-15-27(24)40-31/h5-8,32-33H,9-15H2,1-4H3,(H,36,38). The minimum Gasteiger partial charge on any atom is -0.319 e. The molecule has 0 atom stereocenters. The zero-order valence-electron chi connectivity index (χ0n) is 23.3. The van der Waals surface area contributed by atoms with Crippen LogP contribution < -0.4 is 16.0 Å². The molecule has 0 bridgehead atoms. The summed E-state index contributed by atoms with van der Waals surface area (Å²) in [7, 11) is 0. The zero-order valence-corrected chi connectivity index (χ0v) is 24.9. The van der Waals surface area contributed by atoms with Crippen LogP contribution in [0.3, 0.4) is 0 Å². The number of Topliss-reactive ketones (excluding diaryl/α,β-unsaturated/α-hetero) is 1. The zero-order chi connectivity index (χ0) is 28.0. The van der Waals surface area contributed by atoms with E-state index < -0.39 is 0 Å². The van der Waals surface area contributed by atoms with Gasteiger partial charge in [-0.2, -0.15) is 0 Å². The van der Waals surface area contributed by atoms with E-state index in [0.717, 1.165) is 99.9 Å². The number of rotatable bonds is 6. The monoisotopic (exact) mass is 571 g/mol. The van der Waals surface area contributed by atoms with Crippen LogP contribution in [0.2, 0.25) is 0 Å². The average Bonchev–Trinajstić information content (AvgIpc) is 3.58. The van der Waals surface area contributed by atoms with Gasteiger partial charge in [0.15, 0.2) is 15.8 Å². The van der Waals surface area contributed by atoms with Gasteiger partial charge >= 0.3 is 0 Å². The van der Waals surface area contributed by atoms with Crippen molar-refractivity contribution in [3.05, 3.63) is 83.2 Å². The summed E-state index contributed by atoms with van der Waals surface area (Å²) in [6, 6.07) is 8.37. The first-order valence-corrected chi connectivity index (χ1v) is 15.4. The summed E-state index contributed by atoms with van der Waals surface area (Å²) in [5.41, 5.74) is 10.2. The Bertz CT molecular complexity index is 1480. The van der Waals surface area contributed by atoms with Gasteiger partial charge < -0.3 is 16.0 Å². The maximum atomic E-state index is 13.4. The van der Waals surface area contributed by atoms with Crippen molar-refractivity contribution < 1.29 is 9.59 Å². The van der Waals surface area contributed by atoms with Crippen molar-refractivity contribution in [2.75, 3.05) is 18.4 Å². The van der Waals surface area contributed by atoms with Gasteiger partial charge in [-0.1, -0.05) is 24.3 Å². The summed E-state index contributed by atoms with van der Waals surface area (Å²) in [6.07, 6.45) is 2.05. The molecule has 0 radical (unpaired) electrons. The third kappa shape index (κ3) is 5.03. The maximum Gasteiger partial charge on any atom is 0.284 e. The summed E-state index contributed by atoms with van der Waals surface area (Å²) >= 11 is 2.99. The minimum atomic E-state index is -0.170. The first kappa shape index (κ1) is 27.0. The maximum absolute atomic E-state index is 13.4. The third-order valence-corrected chi connectivity index (χ3v) is 10.2. The van der Waals surface area contributed by atoms with Crippen LogP contribution in [-0.2, 0) is 32.4 Å². The van der Waals surface area contributed by atoms with E-state index in [1.165, 1.54) is 27.6 Å². The van der Waals surface area contributed by atoms with Crippen molar-refractivity contribution in [3.8, 4) is 11.1 Å². The molecule has 0 saturated heterocycles. The molecule has 4 aromatic rings. The second-order valence-corrected chi connectivity index (χ2v) is 12.8. The number of nitrogens with one attached hydrogen (secondary N) is 3. The van der Waals surface area contributed by atoms with Crippen LogP contribution in [0, 0.1) is 27.7 Å². The lowest BCUT2D eigenvalue weighted by Gasteiger charge is -2.19. The van der Waals surface area contributed by atoms with Crippen molar-refractivity contribution in [1.29, 1.82) is 0 Å². The Hall–Kier alpha value is -3.24. The highest BCUT2D eigenvalue weighted by atomic mass is 32.1. The number of benzene rings is 2. The molecular formula is C31H33N5O2S2. The molecule has 0 spiro atoms.